The molecule has 9 N–H and O–H groups in total. The molecule has 0 aliphatic rings. The summed E-state index contributed by atoms with van der Waals surface area (Å²) in [5.74, 6) is -5.20. The Morgan fingerprint density at radius 3 is 2.05 bits per heavy atom. The van der Waals surface area contributed by atoms with Crippen LogP contribution in [0.15, 0.2) is 60.8 Å². The van der Waals surface area contributed by atoms with E-state index in [1.54, 1.807) is 36.5 Å². The van der Waals surface area contributed by atoms with Gasteiger partial charge in [-0.1, -0.05) is 48.5 Å². The summed E-state index contributed by atoms with van der Waals surface area (Å²) >= 11 is 0. The molecule has 4 unspecified atom stereocenters. The van der Waals surface area contributed by atoms with Gasteiger partial charge in [0.05, 0.1) is 12.6 Å². The van der Waals surface area contributed by atoms with E-state index in [1.165, 1.54) is 0 Å². The number of para-hydroxylation sites is 1. The van der Waals surface area contributed by atoms with Crippen molar-refractivity contribution in [2.24, 2.45) is 5.73 Å². The number of benzene rings is 2. The molecule has 1 heterocycles. The van der Waals surface area contributed by atoms with Crippen LogP contribution < -0.4 is 21.7 Å². The van der Waals surface area contributed by atoms with Crippen molar-refractivity contribution in [3.8, 4) is 0 Å². The highest BCUT2D eigenvalue weighted by Crippen LogP contribution is 2.18. The van der Waals surface area contributed by atoms with Crippen LogP contribution in [-0.2, 0) is 36.8 Å². The normalized spacial score (nSPS) is 13.9. The van der Waals surface area contributed by atoms with Gasteiger partial charge in [0.15, 0.2) is 0 Å². The summed E-state index contributed by atoms with van der Waals surface area (Å²) in [6.07, 6.45) is 0.932. The Morgan fingerprint density at radius 2 is 1.39 bits per heavy atom. The number of aliphatic carboxylic acids is 2. The van der Waals surface area contributed by atoms with E-state index in [4.69, 9.17) is 10.8 Å². The van der Waals surface area contributed by atoms with Gasteiger partial charge in [0.25, 0.3) is 0 Å². The number of carbonyl (C=O) groups excluding carboxylic acids is 3. The van der Waals surface area contributed by atoms with Gasteiger partial charge in [0.2, 0.25) is 17.7 Å². The van der Waals surface area contributed by atoms with Gasteiger partial charge in [0, 0.05) is 29.9 Å². The van der Waals surface area contributed by atoms with Crippen LogP contribution in [0.5, 0.6) is 0 Å². The van der Waals surface area contributed by atoms with Gasteiger partial charge in [-0.15, -0.1) is 0 Å². The number of fused-ring (bicyclic) bond motifs is 1. The molecule has 0 aliphatic heterocycles. The van der Waals surface area contributed by atoms with Crippen LogP contribution in [0.2, 0.25) is 0 Å². The van der Waals surface area contributed by atoms with Gasteiger partial charge in [-0.2, -0.15) is 0 Å². The van der Waals surface area contributed by atoms with E-state index in [0.29, 0.717) is 5.56 Å². The van der Waals surface area contributed by atoms with E-state index < -0.39 is 66.9 Å². The molecule has 0 radical (unpaired) electrons. The van der Waals surface area contributed by atoms with E-state index >= 15 is 0 Å². The van der Waals surface area contributed by atoms with Gasteiger partial charge in [-0.3, -0.25) is 19.2 Å². The van der Waals surface area contributed by atoms with E-state index in [1.807, 2.05) is 24.3 Å². The summed E-state index contributed by atoms with van der Waals surface area (Å²) in [5, 5.41) is 36.4. The quantitative estimate of drug-likeness (QED) is 0.120. The molecular weight excluding hydrogens is 534 g/mol. The summed E-state index contributed by atoms with van der Waals surface area (Å²) in [6.45, 7) is -0.837. The maximum atomic E-state index is 13.0. The third-order valence-electron chi connectivity index (χ3n) is 6.44. The fourth-order valence-corrected chi connectivity index (χ4v) is 4.23. The number of rotatable bonds is 15. The topological polar surface area (TPSA) is 224 Å². The van der Waals surface area contributed by atoms with E-state index in [2.05, 4.69) is 20.9 Å². The zero-order chi connectivity index (χ0) is 29.9. The van der Waals surface area contributed by atoms with Crippen LogP contribution in [0.4, 0.5) is 0 Å². The van der Waals surface area contributed by atoms with E-state index in [9.17, 15) is 34.2 Å². The van der Waals surface area contributed by atoms with Gasteiger partial charge in [0.1, 0.15) is 18.1 Å². The number of aliphatic hydroxyl groups excluding tert-OH is 1. The summed E-state index contributed by atoms with van der Waals surface area (Å²) in [5.41, 5.74) is 8.34. The molecule has 13 heteroatoms. The van der Waals surface area contributed by atoms with Crippen molar-refractivity contribution < 1.29 is 39.3 Å². The van der Waals surface area contributed by atoms with Crippen LogP contribution in [0.1, 0.15) is 24.0 Å². The zero-order valence-electron chi connectivity index (χ0n) is 22.1. The molecular formula is C28H33N5O8. The number of aromatic nitrogens is 1. The fourth-order valence-electron chi connectivity index (χ4n) is 4.23. The number of carboxylic acid groups (broad SMARTS) is 2. The Morgan fingerprint density at radius 1 is 0.780 bits per heavy atom. The number of carbonyl (C=O) groups is 5. The number of carboxylic acids is 2. The zero-order valence-corrected chi connectivity index (χ0v) is 22.1. The molecule has 13 nitrogen and oxygen atoms in total. The molecule has 0 aliphatic carbocycles. The standard InChI is InChI=1S/C28H33N5O8/c29-19(13-17-14-30-20-9-5-4-8-18(17)20)25(37)33-23(15-34)27(39)31-21(10-11-24(35)36)26(38)32-22(28(40)41)12-16-6-2-1-3-7-16/h1-9,14,19,21-23,30,34H,10-13,15,29H2,(H,31,39)(H,32,38)(H,33,37)(H,35,36)(H,40,41). The summed E-state index contributed by atoms with van der Waals surface area (Å²) < 4.78 is 0. The summed E-state index contributed by atoms with van der Waals surface area (Å²) in [7, 11) is 0. The maximum Gasteiger partial charge on any atom is 0.326 e. The Kier molecular flexibility index (Phi) is 11.0. The number of H-pyrrole nitrogens is 1. The predicted molar refractivity (Wildman–Crippen MR) is 148 cm³/mol. The van der Waals surface area contributed by atoms with Crippen LogP contribution in [0.3, 0.4) is 0 Å². The van der Waals surface area contributed by atoms with Gasteiger partial charge >= 0.3 is 11.9 Å². The molecule has 0 bridgehead atoms. The lowest BCUT2D eigenvalue weighted by Gasteiger charge is -2.24. The first-order chi connectivity index (χ1) is 19.6. The molecule has 41 heavy (non-hydrogen) atoms. The molecule has 3 rings (SSSR count). The van der Waals surface area contributed by atoms with Crippen molar-refractivity contribution in [1.29, 1.82) is 0 Å². The number of hydrogen-bond donors (Lipinski definition) is 8. The second-order valence-corrected chi connectivity index (χ2v) is 9.50. The van der Waals surface area contributed by atoms with Crippen molar-refractivity contribution in [1.82, 2.24) is 20.9 Å². The number of hydrogen-bond acceptors (Lipinski definition) is 7. The van der Waals surface area contributed by atoms with Crippen LogP contribution in [-0.4, -0.2) is 80.7 Å². The first-order valence-electron chi connectivity index (χ1n) is 12.9. The monoisotopic (exact) mass is 567 g/mol. The molecule has 3 amide bonds. The van der Waals surface area contributed by atoms with E-state index in [-0.39, 0.29) is 19.3 Å². The van der Waals surface area contributed by atoms with Gasteiger partial charge in [-0.25, -0.2) is 4.79 Å². The molecule has 4 atom stereocenters. The van der Waals surface area contributed by atoms with Gasteiger partial charge in [-0.05, 0) is 30.0 Å². The Hall–Kier alpha value is -4.75. The highest BCUT2D eigenvalue weighted by Gasteiger charge is 2.30. The minimum absolute atomic E-state index is 0.0504. The first-order valence-corrected chi connectivity index (χ1v) is 12.9. The Labute approximate surface area is 235 Å². The number of nitrogens with one attached hydrogen (secondary N) is 4. The smallest absolute Gasteiger partial charge is 0.326 e. The minimum Gasteiger partial charge on any atom is -0.481 e. The highest BCUT2D eigenvalue weighted by atomic mass is 16.4. The SMILES string of the molecule is NC(Cc1c[nH]c2ccccc12)C(=O)NC(CO)C(=O)NC(CCC(=O)O)C(=O)NC(Cc1ccccc1)C(=O)O. The third-order valence-corrected chi connectivity index (χ3v) is 6.44. The van der Waals surface area contributed by atoms with Crippen LogP contribution in [0, 0.1) is 0 Å². The predicted octanol–water partition coefficient (Wildman–Crippen LogP) is -0.323. The second kappa shape index (κ2) is 14.6. The Balaban J connectivity index is 1.65. The summed E-state index contributed by atoms with van der Waals surface area (Å²) in [6, 6.07) is 10.6. The third kappa shape index (κ3) is 8.88. The fraction of sp³-hybridized carbons (Fsp3) is 0.321. The lowest BCUT2D eigenvalue weighted by atomic mass is 10.0. The highest BCUT2D eigenvalue weighted by molar-refractivity contribution is 5.94. The molecule has 0 saturated heterocycles. The molecule has 1 aromatic heterocycles. The number of amides is 3. The average molecular weight is 568 g/mol. The van der Waals surface area contributed by atoms with Crippen LogP contribution >= 0.6 is 0 Å². The molecule has 0 fully saturated rings. The van der Waals surface area contributed by atoms with Crippen molar-refractivity contribution in [3.05, 3.63) is 71.9 Å². The number of aliphatic hydroxyl groups is 1. The minimum atomic E-state index is -1.50. The lowest BCUT2D eigenvalue weighted by Crippen LogP contribution is -2.58. The summed E-state index contributed by atoms with van der Waals surface area (Å²) in [4.78, 5) is 64.7. The second-order valence-electron chi connectivity index (χ2n) is 9.50. The molecule has 0 saturated carbocycles. The number of nitrogens with two attached hydrogens (primary N) is 1. The first kappa shape index (κ1) is 30.8. The number of aromatic amines is 1. The molecule has 218 valence electrons. The Bertz CT molecular complexity index is 1380. The molecule has 3 aromatic rings. The van der Waals surface area contributed by atoms with Crippen molar-refractivity contribution in [2.45, 2.75) is 49.9 Å². The van der Waals surface area contributed by atoms with Gasteiger partial charge < -0.3 is 42.0 Å². The van der Waals surface area contributed by atoms with Crippen LogP contribution in [0.25, 0.3) is 10.9 Å². The van der Waals surface area contributed by atoms with Crippen molar-refractivity contribution in [3.63, 3.8) is 0 Å². The van der Waals surface area contributed by atoms with Crippen molar-refractivity contribution in [2.75, 3.05) is 6.61 Å². The molecule has 2 aromatic carbocycles. The lowest BCUT2D eigenvalue weighted by molar-refractivity contribution is -0.143. The maximum absolute atomic E-state index is 13.0. The average Bonchev–Trinajstić information content (AvgIpc) is 3.36. The molecule has 0 spiro atoms. The van der Waals surface area contributed by atoms with Crippen molar-refractivity contribution >= 4 is 40.6 Å². The largest absolute Gasteiger partial charge is 0.481 e. The van der Waals surface area contributed by atoms with E-state index in [0.717, 1.165) is 16.5 Å².